The SMILES string of the molecule is CC(=O)NNC(=O)C(=O)NC1CC(C)(C)N(C(C)=O)C(C)(C)C1. The zero-order chi connectivity index (χ0) is 18.0. The Hall–Kier alpha value is -2.12. The summed E-state index contributed by atoms with van der Waals surface area (Å²) in [6.45, 7) is 10.5. The Balaban J connectivity index is 2.77. The molecule has 0 aromatic carbocycles. The number of amides is 4. The topological polar surface area (TPSA) is 108 Å². The maximum atomic E-state index is 12.0. The van der Waals surface area contributed by atoms with E-state index in [1.807, 2.05) is 38.0 Å². The van der Waals surface area contributed by atoms with Crippen LogP contribution in [0.2, 0.25) is 0 Å². The van der Waals surface area contributed by atoms with E-state index in [1.165, 1.54) is 13.8 Å². The smallest absolute Gasteiger partial charge is 0.327 e. The minimum Gasteiger partial charge on any atom is -0.345 e. The van der Waals surface area contributed by atoms with Crippen LogP contribution in [0.5, 0.6) is 0 Å². The van der Waals surface area contributed by atoms with Gasteiger partial charge in [-0.15, -0.1) is 0 Å². The lowest BCUT2D eigenvalue weighted by Gasteiger charge is -2.55. The Morgan fingerprint density at radius 3 is 1.74 bits per heavy atom. The number of carbonyl (C=O) groups is 4. The molecule has 0 aliphatic carbocycles. The highest BCUT2D eigenvalue weighted by Crippen LogP contribution is 2.38. The molecule has 23 heavy (non-hydrogen) atoms. The second kappa shape index (κ2) is 6.55. The van der Waals surface area contributed by atoms with Gasteiger partial charge in [0.15, 0.2) is 0 Å². The fourth-order valence-electron chi connectivity index (χ4n) is 3.69. The van der Waals surface area contributed by atoms with Gasteiger partial charge in [-0.3, -0.25) is 30.0 Å². The molecule has 1 aliphatic rings. The number of likely N-dealkylation sites (tertiary alicyclic amines) is 1. The summed E-state index contributed by atoms with van der Waals surface area (Å²) in [5, 5.41) is 2.67. The van der Waals surface area contributed by atoms with Crippen molar-refractivity contribution in [2.24, 2.45) is 0 Å². The number of hydrogen-bond acceptors (Lipinski definition) is 4. The first kappa shape index (κ1) is 18.9. The monoisotopic (exact) mass is 326 g/mol. The number of rotatable bonds is 1. The van der Waals surface area contributed by atoms with Gasteiger partial charge in [-0.2, -0.15) is 0 Å². The van der Waals surface area contributed by atoms with Crippen LogP contribution in [-0.4, -0.2) is 45.6 Å². The van der Waals surface area contributed by atoms with Gasteiger partial charge in [-0.1, -0.05) is 0 Å². The molecule has 8 nitrogen and oxygen atoms in total. The number of nitrogens with one attached hydrogen (secondary N) is 3. The van der Waals surface area contributed by atoms with Crippen molar-refractivity contribution in [3.05, 3.63) is 0 Å². The van der Waals surface area contributed by atoms with E-state index in [9.17, 15) is 19.2 Å². The van der Waals surface area contributed by atoms with Crippen molar-refractivity contribution < 1.29 is 19.2 Å². The molecule has 0 saturated carbocycles. The molecular formula is C15H26N4O4. The summed E-state index contributed by atoms with van der Waals surface area (Å²) in [7, 11) is 0. The van der Waals surface area contributed by atoms with E-state index in [0.29, 0.717) is 12.8 Å². The molecule has 0 aromatic rings. The Kier molecular flexibility index (Phi) is 5.39. The van der Waals surface area contributed by atoms with Crippen LogP contribution in [-0.2, 0) is 19.2 Å². The second-order valence-electron chi connectivity index (χ2n) is 7.19. The lowest BCUT2D eigenvalue weighted by molar-refractivity contribution is -0.149. The highest BCUT2D eigenvalue weighted by Gasteiger charge is 2.47. The fourth-order valence-corrected chi connectivity index (χ4v) is 3.69. The van der Waals surface area contributed by atoms with Crippen LogP contribution >= 0.6 is 0 Å². The van der Waals surface area contributed by atoms with E-state index in [-0.39, 0.29) is 11.9 Å². The molecule has 0 radical (unpaired) electrons. The Morgan fingerprint density at radius 2 is 1.35 bits per heavy atom. The molecule has 1 heterocycles. The molecule has 1 aliphatic heterocycles. The van der Waals surface area contributed by atoms with Gasteiger partial charge in [0.25, 0.3) is 0 Å². The highest BCUT2D eigenvalue weighted by atomic mass is 16.2. The molecule has 0 aromatic heterocycles. The number of hydrazine groups is 1. The number of piperidine rings is 1. The maximum absolute atomic E-state index is 12.0. The van der Waals surface area contributed by atoms with Crippen molar-refractivity contribution in [3.8, 4) is 0 Å². The molecule has 1 rings (SSSR count). The van der Waals surface area contributed by atoms with E-state index in [4.69, 9.17) is 0 Å². The summed E-state index contributed by atoms with van der Waals surface area (Å²) in [4.78, 5) is 48.0. The van der Waals surface area contributed by atoms with Crippen molar-refractivity contribution in [2.45, 2.75) is 71.5 Å². The lowest BCUT2D eigenvalue weighted by Crippen LogP contribution is -2.66. The van der Waals surface area contributed by atoms with Gasteiger partial charge in [-0.25, -0.2) is 0 Å². The number of hydrogen-bond donors (Lipinski definition) is 3. The van der Waals surface area contributed by atoms with Crippen LogP contribution in [0.1, 0.15) is 54.4 Å². The second-order valence-corrected chi connectivity index (χ2v) is 7.19. The van der Waals surface area contributed by atoms with Gasteiger partial charge in [0.05, 0.1) is 0 Å². The summed E-state index contributed by atoms with van der Waals surface area (Å²) in [5.74, 6) is -2.23. The predicted molar refractivity (Wildman–Crippen MR) is 83.8 cm³/mol. The molecule has 1 saturated heterocycles. The van der Waals surface area contributed by atoms with E-state index >= 15 is 0 Å². The van der Waals surface area contributed by atoms with Crippen molar-refractivity contribution in [1.82, 2.24) is 21.1 Å². The van der Waals surface area contributed by atoms with Crippen LogP contribution in [0.15, 0.2) is 0 Å². The molecule has 0 unspecified atom stereocenters. The maximum Gasteiger partial charge on any atom is 0.327 e. The Morgan fingerprint density at radius 1 is 0.870 bits per heavy atom. The van der Waals surface area contributed by atoms with E-state index in [2.05, 4.69) is 10.7 Å². The third kappa shape index (κ3) is 4.67. The van der Waals surface area contributed by atoms with Gasteiger partial charge < -0.3 is 10.2 Å². The Labute approximate surface area is 136 Å². The number of nitrogens with zero attached hydrogens (tertiary/aromatic N) is 1. The van der Waals surface area contributed by atoms with Gasteiger partial charge >= 0.3 is 11.8 Å². The highest BCUT2D eigenvalue weighted by molar-refractivity contribution is 6.35. The first-order valence-electron chi connectivity index (χ1n) is 7.55. The average molecular weight is 326 g/mol. The molecule has 4 amide bonds. The quantitative estimate of drug-likeness (QED) is 0.459. The first-order valence-corrected chi connectivity index (χ1v) is 7.55. The zero-order valence-corrected chi connectivity index (χ0v) is 14.6. The third-order valence-corrected chi connectivity index (χ3v) is 3.91. The molecule has 0 spiro atoms. The minimum absolute atomic E-state index is 0.0202. The molecule has 0 bridgehead atoms. The average Bonchev–Trinajstić information content (AvgIpc) is 2.31. The van der Waals surface area contributed by atoms with Gasteiger partial charge in [-0.05, 0) is 40.5 Å². The van der Waals surface area contributed by atoms with E-state index in [1.54, 1.807) is 0 Å². The lowest BCUT2D eigenvalue weighted by atomic mass is 9.77. The third-order valence-electron chi connectivity index (χ3n) is 3.91. The molecule has 0 atom stereocenters. The summed E-state index contributed by atoms with van der Waals surface area (Å²) in [5.41, 5.74) is 3.20. The molecule has 8 heteroatoms. The fraction of sp³-hybridized carbons (Fsp3) is 0.733. The van der Waals surface area contributed by atoms with Crippen LogP contribution in [0.25, 0.3) is 0 Å². The largest absolute Gasteiger partial charge is 0.345 e. The normalized spacial score (nSPS) is 19.7. The van der Waals surface area contributed by atoms with Crippen molar-refractivity contribution >= 4 is 23.6 Å². The van der Waals surface area contributed by atoms with Gasteiger partial charge in [0.1, 0.15) is 0 Å². The predicted octanol–water partition coefficient (Wildman–Crippen LogP) is -0.162. The van der Waals surface area contributed by atoms with Crippen LogP contribution in [0.3, 0.4) is 0 Å². The first-order chi connectivity index (χ1) is 10.4. The molecular weight excluding hydrogens is 300 g/mol. The van der Waals surface area contributed by atoms with Gasteiger partial charge in [0, 0.05) is 31.0 Å². The van der Waals surface area contributed by atoms with E-state index in [0.717, 1.165) is 0 Å². The summed E-state index contributed by atoms with van der Waals surface area (Å²) >= 11 is 0. The van der Waals surface area contributed by atoms with E-state index < -0.39 is 28.8 Å². The van der Waals surface area contributed by atoms with Crippen LogP contribution < -0.4 is 16.2 Å². The van der Waals surface area contributed by atoms with Crippen molar-refractivity contribution in [1.29, 1.82) is 0 Å². The summed E-state index contributed by atoms with van der Waals surface area (Å²) < 4.78 is 0. The van der Waals surface area contributed by atoms with Crippen molar-refractivity contribution in [3.63, 3.8) is 0 Å². The van der Waals surface area contributed by atoms with Crippen molar-refractivity contribution in [2.75, 3.05) is 0 Å². The molecule has 3 N–H and O–H groups in total. The summed E-state index contributed by atoms with van der Waals surface area (Å²) in [6.07, 6.45) is 1.07. The van der Waals surface area contributed by atoms with Crippen LogP contribution in [0.4, 0.5) is 0 Å². The zero-order valence-electron chi connectivity index (χ0n) is 14.6. The standard InChI is InChI=1S/C15H26N4O4/c1-9(20)17-18-13(23)12(22)16-11-7-14(3,4)19(10(2)21)15(5,6)8-11/h11H,7-8H2,1-6H3,(H,16,22)(H,17,20)(H,18,23). The number of carbonyl (C=O) groups excluding carboxylic acids is 4. The molecule has 130 valence electrons. The summed E-state index contributed by atoms with van der Waals surface area (Å²) in [6, 6.07) is -0.244. The van der Waals surface area contributed by atoms with Crippen LogP contribution in [0, 0.1) is 0 Å². The Bertz CT molecular complexity index is 510. The molecule has 1 fully saturated rings. The van der Waals surface area contributed by atoms with Gasteiger partial charge in [0.2, 0.25) is 11.8 Å². The minimum atomic E-state index is -0.926.